The fraction of sp³-hybridized carbons (Fsp3) is 0.312. The summed E-state index contributed by atoms with van der Waals surface area (Å²) in [7, 11) is 0. The molecule has 0 spiro atoms. The first-order valence-electron chi connectivity index (χ1n) is 12.6. The summed E-state index contributed by atoms with van der Waals surface area (Å²) in [6.07, 6.45) is 11.0. The Bertz CT molecular complexity index is 1270. The monoisotopic (exact) mass is 431 g/mol. The third-order valence-corrected chi connectivity index (χ3v) is 8.15. The number of hydrogen-bond donors (Lipinski definition) is 0. The van der Waals surface area contributed by atoms with Gasteiger partial charge in [0.15, 0.2) is 0 Å². The Morgan fingerprint density at radius 2 is 1.58 bits per heavy atom. The molecule has 3 aromatic carbocycles. The molecule has 2 atom stereocenters. The van der Waals surface area contributed by atoms with Crippen LogP contribution in [0.2, 0.25) is 0 Å². The van der Waals surface area contributed by atoms with E-state index in [1.54, 1.807) is 11.1 Å². The van der Waals surface area contributed by atoms with Crippen molar-refractivity contribution < 1.29 is 0 Å². The summed E-state index contributed by atoms with van der Waals surface area (Å²) in [5.41, 5.74) is 14.0. The van der Waals surface area contributed by atoms with Gasteiger partial charge in [0.2, 0.25) is 0 Å². The van der Waals surface area contributed by atoms with Gasteiger partial charge in [-0.15, -0.1) is 0 Å². The van der Waals surface area contributed by atoms with Crippen LogP contribution >= 0.6 is 0 Å². The van der Waals surface area contributed by atoms with Crippen LogP contribution < -0.4 is 4.90 Å². The minimum absolute atomic E-state index is 0.799. The van der Waals surface area contributed by atoms with Crippen molar-refractivity contribution in [2.45, 2.75) is 64.7 Å². The van der Waals surface area contributed by atoms with Crippen LogP contribution in [-0.2, 0) is 0 Å². The molecular formula is C32H33N. The van der Waals surface area contributed by atoms with Crippen molar-refractivity contribution in [1.29, 1.82) is 0 Å². The number of para-hydroxylation sites is 1. The summed E-state index contributed by atoms with van der Waals surface area (Å²) in [6.45, 7) is 6.81. The van der Waals surface area contributed by atoms with Crippen molar-refractivity contribution in [1.82, 2.24) is 0 Å². The average molecular weight is 432 g/mol. The Kier molecular flexibility index (Phi) is 5.02. The van der Waals surface area contributed by atoms with Crippen LogP contribution in [0.3, 0.4) is 0 Å². The van der Waals surface area contributed by atoms with Gasteiger partial charge in [0.25, 0.3) is 0 Å². The van der Waals surface area contributed by atoms with E-state index in [4.69, 9.17) is 0 Å². The lowest BCUT2D eigenvalue weighted by Gasteiger charge is -2.31. The third-order valence-electron chi connectivity index (χ3n) is 8.15. The van der Waals surface area contributed by atoms with Gasteiger partial charge < -0.3 is 4.90 Å². The lowest BCUT2D eigenvalue weighted by Crippen LogP contribution is -2.18. The van der Waals surface area contributed by atoms with E-state index >= 15 is 0 Å². The molecule has 1 saturated carbocycles. The maximum absolute atomic E-state index is 2.50. The maximum Gasteiger partial charge on any atom is 0.0490 e. The molecule has 1 nitrogen and oxygen atoms in total. The summed E-state index contributed by atoms with van der Waals surface area (Å²) in [5, 5.41) is 0. The molecule has 166 valence electrons. The van der Waals surface area contributed by atoms with Crippen LogP contribution in [0, 0.1) is 13.8 Å². The molecule has 0 heterocycles. The summed E-state index contributed by atoms with van der Waals surface area (Å²) < 4.78 is 0. The van der Waals surface area contributed by atoms with Crippen LogP contribution in [0.4, 0.5) is 11.4 Å². The predicted molar refractivity (Wildman–Crippen MR) is 140 cm³/mol. The van der Waals surface area contributed by atoms with Gasteiger partial charge in [0, 0.05) is 17.1 Å². The zero-order valence-electron chi connectivity index (χ0n) is 20.1. The predicted octanol–water partition coefficient (Wildman–Crippen LogP) is 9.10. The quantitative estimate of drug-likeness (QED) is 0.398. The lowest BCUT2D eigenvalue weighted by atomic mass is 9.86. The molecule has 1 fully saturated rings. The number of anilines is 2. The van der Waals surface area contributed by atoms with Crippen molar-refractivity contribution in [3.63, 3.8) is 0 Å². The minimum atomic E-state index is 0.799. The van der Waals surface area contributed by atoms with Gasteiger partial charge in [-0.1, -0.05) is 48.5 Å². The van der Waals surface area contributed by atoms with Crippen molar-refractivity contribution in [2.75, 3.05) is 4.90 Å². The summed E-state index contributed by atoms with van der Waals surface area (Å²) in [5.74, 6) is 1.62. The first-order valence-corrected chi connectivity index (χ1v) is 12.6. The zero-order valence-corrected chi connectivity index (χ0v) is 20.1. The fourth-order valence-electron chi connectivity index (χ4n) is 6.47. The minimum Gasteiger partial charge on any atom is -0.310 e. The molecule has 0 N–H and O–H groups in total. The molecule has 1 heteroatoms. The zero-order chi connectivity index (χ0) is 22.5. The van der Waals surface area contributed by atoms with Crippen molar-refractivity contribution in [2.24, 2.45) is 0 Å². The number of benzene rings is 3. The van der Waals surface area contributed by atoms with E-state index in [9.17, 15) is 0 Å². The van der Waals surface area contributed by atoms with Crippen LogP contribution in [0.15, 0.2) is 84.1 Å². The molecule has 0 radical (unpaired) electrons. The highest BCUT2D eigenvalue weighted by Crippen LogP contribution is 2.54. The van der Waals surface area contributed by atoms with Crippen LogP contribution in [-0.4, -0.2) is 0 Å². The highest BCUT2D eigenvalue weighted by molar-refractivity contribution is 5.76. The molecular weight excluding hydrogens is 398 g/mol. The topological polar surface area (TPSA) is 3.24 Å². The van der Waals surface area contributed by atoms with E-state index in [-0.39, 0.29) is 0 Å². The van der Waals surface area contributed by atoms with Crippen molar-refractivity contribution in [3.05, 3.63) is 106 Å². The van der Waals surface area contributed by atoms with E-state index in [0.29, 0.717) is 0 Å². The number of fused-ring (bicyclic) bond motifs is 5. The molecule has 3 aliphatic carbocycles. The molecule has 3 aromatic rings. The highest BCUT2D eigenvalue weighted by Gasteiger charge is 2.37. The smallest absolute Gasteiger partial charge is 0.0490 e. The molecule has 6 rings (SSSR count). The Balaban J connectivity index is 1.40. The molecule has 33 heavy (non-hydrogen) atoms. The van der Waals surface area contributed by atoms with E-state index in [1.807, 2.05) is 0 Å². The Hall–Kier alpha value is -3.06. The molecule has 0 saturated heterocycles. The molecule has 0 amide bonds. The second kappa shape index (κ2) is 8.06. The number of nitrogens with zero attached hydrogens (tertiary/aromatic N) is 1. The molecule has 0 aromatic heterocycles. The number of aryl methyl sites for hydroxylation is 2. The van der Waals surface area contributed by atoms with Crippen LogP contribution in [0.25, 0.3) is 11.1 Å². The van der Waals surface area contributed by atoms with E-state index in [2.05, 4.69) is 98.5 Å². The van der Waals surface area contributed by atoms with Gasteiger partial charge in [0.1, 0.15) is 0 Å². The largest absolute Gasteiger partial charge is 0.310 e. The van der Waals surface area contributed by atoms with Gasteiger partial charge in [0.05, 0.1) is 0 Å². The summed E-state index contributed by atoms with van der Waals surface area (Å²) in [4.78, 5) is 2.44. The van der Waals surface area contributed by atoms with Crippen LogP contribution in [0.1, 0.15) is 73.1 Å². The fourth-order valence-corrected chi connectivity index (χ4v) is 6.47. The number of rotatable bonds is 4. The average Bonchev–Trinajstić information content (AvgIpc) is 3.45. The van der Waals surface area contributed by atoms with Crippen molar-refractivity contribution in [3.8, 4) is 11.1 Å². The molecule has 0 aliphatic heterocycles. The second-order valence-corrected chi connectivity index (χ2v) is 10.3. The van der Waals surface area contributed by atoms with Crippen molar-refractivity contribution >= 4 is 11.4 Å². The summed E-state index contributed by atoms with van der Waals surface area (Å²) in [6, 6.07) is 22.9. The van der Waals surface area contributed by atoms with Gasteiger partial charge in [-0.25, -0.2) is 0 Å². The van der Waals surface area contributed by atoms with Gasteiger partial charge in [-0.05, 0) is 128 Å². The van der Waals surface area contributed by atoms with Gasteiger partial charge in [-0.2, -0.15) is 0 Å². The Morgan fingerprint density at radius 3 is 2.36 bits per heavy atom. The van der Waals surface area contributed by atoms with E-state index in [0.717, 1.165) is 24.7 Å². The van der Waals surface area contributed by atoms with Crippen LogP contribution in [0.5, 0.6) is 0 Å². The van der Waals surface area contributed by atoms with E-state index < -0.39 is 0 Å². The SMILES string of the molecule is CC1=C(N(c2ccc(-c3cc(C)c4c(c3)C3CCC4C3)cc2)c2ccccc2C)C=CCC1. The lowest BCUT2D eigenvalue weighted by molar-refractivity contribution is 0.714. The highest BCUT2D eigenvalue weighted by atomic mass is 15.1. The number of allylic oxidation sites excluding steroid dienone is 3. The first-order chi connectivity index (χ1) is 16.1. The standard InChI is InChI=1S/C32H33N/c1-21-8-4-6-10-30(21)33(31-11-7-5-9-22(31)2)28-16-14-24(15-17-28)27-18-23(3)32-26-13-12-25(19-26)29(32)20-27/h4,6-8,10-11,14-18,20,25-26H,5,9,12-13,19H2,1-3H3. The summed E-state index contributed by atoms with van der Waals surface area (Å²) >= 11 is 0. The normalized spacial score (nSPS) is 20.9. The molecule has 2 bridgehead atoms. The second-order valence-electron chi connectivity index (χ2n) is 10.3. The molecule has 2 unspecified atom stereocenters. The Morgan fingerprint density at radius 1 is 0.788 bits per heavy atom. The van der Waals surface area contributed by atoms with E-state index in [1.165, 1.54) is 64.2 Å². The molecule has 3 aliphatic rings. The third kappa shape index (κ3) is 3.46. The van der Waals surface area contributed by atoms with Gasteiger partial charge in [-0.3, -0.25) is 0 Å². The van der Waals surface area contributed by atoms with Gasteiger partial charge >= 0.3 is 0 Å². The maximum atomic E-state index is 2.50. The number of hydrogen-bond acceptors (Lipinski definition) is 1. The Labute approximate surface area is 198 Å². The first kappa shape index (κ1) is 20.5.